The molecule has 0 unspecified atom stereocenters. The predicted molar refractivity (Wildman–Crippen MR) is 40.5 cm³/mol. The van der Waals surface area contributed by atoms with E-state index in [1.54, 1.807) is 0 Å². The van der Waals surface area contributed by atoms with E-state index < -0.39 is 5.60 Å². The molecule has 0 amide bonds. The number of hydrogen-bond acceptors (Lipinski definition) is 3. The molecule has 0 aromatic rings. The van der Waals surface area contributed by atoms with E-state index >= 15 is 0 Å². The second-order valence-corrected chi connectivity index (χ2v) is 3.89. The van der Waals surface area contributed by atoms with Crippen molar-refractivity contribution >= 4 is 6.29 Å². The average molecular weight is 158 g/mol. The molecule has 3 nitrogen and oxygen atoms in total. The molecule has 0 bridgehead atoms. The van der Waals surface area contributed by atoms with Crippen molar-refractivity contribution in [1.29, 1.82) is 0 Å². The Kier molecular flexibility index (Phi) is 2.03. The zero-order valence-corrected chi connectivity index (χ0v) is 7.22. The minimum Gasteiger partial charge on any atom is -0.374 e. The number of carbonyl (C=O) groups is 1. The van der Waals surface area contributed by atoms with Crippen LogP contribution in [0.15, 0.2) is 0 Å². The van der Waals surface area contributed by atoms with Crippen LogP contribution in [0, 0.1) is 0 Å². The number of ether oxygens (including phenoxy) is 2. The lowest BCUT2D eigenvalue weighted by molar-refractivity contribution is -0.232. The normalized spacial score (nSPS) is 22.5. The summed E-state index contributed by atoms with van der Waals surface area (Å²) in [5.74, 6) is 0. The van der Waals surface area contributed by atoms with Gasteiger partial charge in [0.05, 0.1) is 18.8 Å². The second-order valence-electron chi connectivity index (χ2n) is 3.89. The van der Waals surface area contributed by atoms with E-state index in [9.17, 15) is 4.79 Å². The van der Waals surface area contributed by atoms with Crippen molar-refractivity contribution < 1.29 is 14.3 Å². The van der Waals surface area contributed by atoms with Crippen LogP contribution in [-0.4, -0.2) is 30.7 Å². The zero-order chi connectivity index (χ0) is 8.54. The van der Waals surface area contributed by atoms with E-state index in [1.165, 1.54) is 0 Å². The van der Waals surface area contributed by atoms with E-state index in [-0.39, 0.29) is 5.60 Å². The van der Waals surface area contributed by atoms with Gasteiger partial charge in [0.1, 0.15) is 0 Å². The molecule has 3 heteroatoms. The zero-order valence-electron chi connectivity index (χ0n) is 7.22. The van der Waals surface area contributed by atoms with Gasteiger partial charge in [0, 0.05) is 0 Å². The molecule has 1 saturated heterocycles. The molecule has 1 heterocycles. The molecule has 1 aliphatic heterocycles. The van der Waals surface area contributed by atoms with Crippen molar-refractivity contribution in [2.24, 2.45) is 0 Å². The van der Waals surface area contributed by atoms with Crippen molar-refractivity contribution in [3.8, 4) is 0 Å². The first kappa shape index (κ1) is 8.68. The van der Waals surface area contributed by atoms with Crippen molar-refractivity contribution in [2.75, 3.05) is 13.2 Å². The summed E-state index contributed by atoms with van der Waals surface area (Å²) in [7, 11) is 0. The van der Waals surface area contributed by atoms with Gasteiger partial charge in [0.2, 0.25) is 0 Å². The van der Waals surface area contributed by atoms with Gasteiger partial charge in [-0.1, -0.05) is 0 Å². The quantitative estimate of drug-likeness (QED) is 0.557. The van der Waals surface area contributed by atoms with Crippen molar-refractivity contribution in [1.82, 2.24) is 0 Å². The van der Waals surface area contributed by atoms with Gasteiger partial charge in [-0.25, -0.2) is 0 Å². The predicted octanol–water partition coefficient (Wildman–Crippen LogP) is 0.769. The Bertz CT molecular complexity index is 153. The summed E-state index contributed by atoms with van der Waals surface area (Å²) < 4.78 is 10.4. The number of hydrogen-bond donors (Lipinski definition) is 0. The Morgan fingerprint density at radius 2 is 2.00 bits per heavy atom. The largest absolute Gasteiger partial charge is 0.374 e. The lowest BCUT2D eigenvalue weighted by atomic mass is 10.0. The summed E-state index contributed by atoms with van der Waals surface area (Å²) in [5, 5.41) is 0. The molecule has 64 valence electrons. The maximum absolute atomic E-state index is 10.6. The van der Waals surface area contributed by atoms with Gasteiger partial charge in [-0.3, -0.25) is 4.79 Å². The van der Waals surface area contributed by atoms with Crippen LogP contribution in [0.5, 0.6) is 0 Å². The van der Waals surface area contributed by atoms with Gasteiger partial charge in [-0.05, 0) is 20.8 Å². The maximum Gasteiger partial charge on any atom is 0.170 e. The first-order valence-electron chi connectivity index (χ1n) is 3.72. The van der Waals surface area contributed by atoms with Crippen LogP contribution in [0.3, 0.4) is 0 Å². The fourth-order valence-corrected chi connectivity index (χ4v) is 1.06. The van der Waals surface area contributed by atoms with Crippen molar-refractivity contribution in [3.05, 3.63) is 0 Å². The van der Waals surface area contributed by atoms with E-state index in [2.05, 4.69) is 0 Å². The Morgan fingerprint density at radius 3 is 2.09 bits per heavy atom. The molecule has 0 aromatic heterocycles. The third-order valence-corrected chi connectivity index (χ3v) is 1.42. The number of carbonyl (C=O) groups excluding carboxylic acids is 1. The van der Waals surface area contributed by atoms with Gasteiger partial charge in [0.25, 0.3) is 0 Å². The Labute approximate surface area is 66.7 Å². The van der Waals surface area contributed by atoms with Crippen LogP contribution < -0.4 is 0 Å². The Morgan fingerprint density at radius 1 is 1.45 bits per heavy atom. The van der Waals surface area contributed by atoms with Crippen LogP contribution >= 0.6 is 0 Å². The monoisotopic (exact) mass is 158 g/mol. The molecule has 0 aliphatic carbocycles. The number of aldehydes is 1. The maximum atomic E-state index is 10.6. The summed E-state index contributed by atoms with van der Waals surface area (Å²) in [6.07, 6.45) is 0.835. The van der Waals surface area contributed by atoms with Crippen LogP contribution in [0.25, 0.3) is 0 Å². The van der Waals surface area contributed by atoms with Gasteiger partial charge >= 0.3 is 0 Å². The highest BCUT2D eigenvalue weighted by Gasteiger charge is 2.42. The summed E-state index contributed by atoms with van der Waals surface area (Å²) in [4.78, 5) is 10.6. The molecule has 11 heavy (non-hydrogen) atoms. The van der Waals surface area contributed by atoms with E-state index in [4.69, 9.17) is 9.47 Å². The van der Waals surface area contributed by atoms with Crippen LogP contribution in [0.1, 0.15) is 20.8 Å². The first-order valence-corrected chi connectivity index (χ1v) is 3.72. The van der Waals surface area contributed by atoms with Crippen molar-refractivity contribution in [3.63, 3.8) is 0 Å². The molecule has 0 N–H and O–H groups in total. The highest BCUT2D eigenvalue weighted by molar-refractivity contribution is 5.64. The fraction of sp³-hybridized carbons (Fsp3) is 0.875. The van der Waals surface area contributed by atoms with Crippen LogP contribution in [-0.2, 0) is 14.3 Å². The minimum absolute atomic E-state index is 0.273. The van der Waals surface area contributed by atoms with Gasteiger partial charge < -0.3 is 9.47 Å². The Balaban J connectivity index is 2.51. The fourth-order valence-electron chi connectivity index (χ4n) is 1.06. The summed E-state index contributed by atoms with van der Waals surface area (Å²) >= 11 is 0. The third-order valence-electron chi connectivity index (χ3n) is 1.42. The van der Waals surface area contributed by atoms with Gasteiger partial charge in [-0.15, -0.1) is 0 Å². The van der Waals surface area contributed by atoms with E-state index in [1.807, 2.05) is 20.8 Å². The first-order chi connectivity index (χ1) is 4.97. The topological polar surface area (TPSA) is 35.5 Å². The van der Waals surface area contributed by atoms with Crippen LogP contribution in [0.2, 0.25) is 0 Å². The summed E-state index contributed by atoms with van der Waals surface area (Å²) in [6.45, 7) is 6.57. The molecule has 0 radical (unpaired) electrons. The number of rotatable bonds is 2. The third kappa shape index (κ3) is 2.01. The lowest BCUT2D eigenvalue weighted by Crippen LogP contribution is -2.56. The van der Waals surface area contributed by atoms with Crippen LogP contribution in [0.4, 0.5) is 0 Å². The molecule has 0 spiro atoms. The Hall–Kier alpha value is -0.410. The molecule has 1 rings (SSSR count). The van der Waals surface area contributed by atoms with E-state index in [0.717, 1.165) is 6.29 Å². The summed E-state index contributed by atoms with van der Waals surface area (Å²) in [5.41, 5.74) is -0.928. The second kappa shape index (κ2) is 2.57. The molecule has 0 aromatic carbocycles. The lowest BCUT2D eigenvalue weighted by Gasteiger charge is -2.41. The van der Waals surface area contributed by atoms with E-state index in [0.29, 0.717) is 13.2 Å². The summed E-state index contributed by atoms with van der Waals surface area (Å²) in [6, 6.07) is 0. The standard InChI is InChI=1S/C8H14O3/c1-7(2,3)11-8(4-9)5-10-6-8/h4H,5-6H2,1-3H3. The average Bonchev–Trinajstić information content (AvgIpc) is 1.77. The minimum atomic E-state index is -0.655. The highest BCUT2D eigenvalue weighted by Crippen LogP contribution is 2.25. The molecule has 0 atom stereocenters. The van der Waals surface area contributed by atoms with Gasteiger partial charge in [-0.2, -0.15) is 0 Å². The molecule has 0 saturated carbocycles. The van der Waals surface area contributed by atoms with Gasteiger partial charge in [0.15, 0.2) is 11.9 Å². The highest BCUT2D eigenvalue weighted by atomic mass is 16.6. The molecule has 1 aliphatic rings. The van der Waals surface area contributed by atoms with Crippen molar-refractivity contribution in [2.45, 2.75) is 32.0 Å². The molecular formula is C8H14O3. The molecular weight excluding hydrogens is 144 g/mol. The molecule has 1 fully saturated rings. The smallest absolute Gasteiger partial charge is 0.170 e. The SMILES string of the molecule is CC(C)(C)OC1(C=O)COC1.